The Morgan fingerprint density at radius 2 is 1.97 bits per heavy atom. The third-order valence-electron chi connectivity index (χ3n) is 5.60. The van der Waals surface area contributed by atoms with Gasteiger partial charge in [-0.3, -0.25) is 9.59 Å². The molecule has 33 heavy (non-hydrogen) atoms. The van der Waals surface area contributed by atoms with E-state index in [0.29, 0.717) is 33.6 Å². The quantitative estimate of drug-likeness (QED) is 0.468. The van der Waals surface area contributed by atoms with E-state index in [1.54, 1.807) is 24.1 Å². The number of amides is 1. The molecular weight excluding hydrogens is 418 g/mol. The summed E-state index contributed by atoms with van der Waals surface area (Å²) in [5, 5.41) is 8.01. The summed E-state index contributed by atoms with van der Waals surface area (Å²) in [5.74, 6) is 0.356. The second kappa shape index (κ2) is 8.90. The third kappa shape index (κ3) is 4.24. The Kier molecular flexibility index (Phi) is 6.00. The van der Waals surface area contributed by atoms with Crippen LogP contribution in [0.2, 0.25) is 0 Å². The number of benzene rings is 1. The fourth-order valence-corrected chi connectivity index (χ4v) is 3.94. The number of aromatic amines is 1. The van der Waals surface area contributed by atoms with Crippen LogP contribution in [0.25, 0.3) is 22.3 Å². The van der Waals surface area contributed by atoms with Crippen molar-refractivity contribution in [3.05, 3.63) is 75.3 Å². The predicted octanol–water partition coefficient (Wildman–Crippen LogP) is 3.92. The molecule has 0 radical (unpaired) electrons. The van der Waals surface area contributed by atoms with E-state index in [1.165, 1.54) is 0 Å². The Balaban J connectivity index is 1.79. The van der Waals surface area contributed by atoms with E-state index in [0.717, 1.165) is 16.8 Å². The number of fused-ring (bicyclic) bond motifs is 1. The zero-order valence-corrected chi connectivity index (χ0v) is 19.4. The molecule has 0 fully saturated rings. The first kappa shape index (κ1) is 22.3. The monoisotopic (exact) mass is 445 g/mol. The Bertz CT molecular complexity index is 1400. The van der Waals surface area contributed by atoms with Crippen LogP contribution >= 0.6 is 0 Å². The van der Waals surface area contributed by atoms with E-state index in [2.05, 4.69) is 15.4 Å². The summed E-state index contributed by atoms with van der Waals surface area (Å²) in [7, 11) is 1.60. The lowest BCUT2D eigenvalue weighted by Gasteiger charge is -2.13. The molecule has 0 aliphatic heterocycles. The highest BCUT2D eigenvalue weighted by molar-refractivity contribution is 6.06. The van der Waals surface area contributed by atoms with Gasteiger partial charge < -0.3 is 15.0 Å². The molecule has 0 saturated heterocycles. The number of ether oxygens (including phenoxy) is 1. The number of carbonyl (C=O) groups excluding carboxylic acids is 1. The number of para-hydroxylation sites is 1. The smallest absolute Gasteiger partial charge is 0.253 e. The number of nitrogens with one attached hydrogen (secondary N) is 2. The molecule has 4 rings (SSSR count). The molecule has 0 atom stereocenters. The number of H-pyrrole nitrogens is 1. The molecule has 0 aliphatic rings. The molecule has 0 saturated carbocycles. The van der Waals surface area contributed by atoms with Gasteiger partial charge in [-0.2, -0.15) is 5.10 Å². The highest BCUT2D eigenvalue weighted by Crippen LogP contribution is 2.32. The number of rotatable bonds is 6. The molecule has 1 amide bonds. The number of nitrogens with zero attached hydrogens (tertiary/aromatic N) is 3. The zero-order valence-electron chi connectivity index (χ0n) is 19.4. The van der Waals surface area contributed by atoms with Crippen LogP contribution in [0, 0.1) is 13.8 Å². The van der Waals surface area contributed by atoms with E-state index in [4.69, 9.17) is 9.72 Å². The zero-order chi connectivity index (χ0) is 23.7. The van der Waals surface area contributed by atoms with Crippen molar-refractivity contribution in [3.8, 4) is 17.0 Å². The van der Waals surface area contributed by atoms with Crippen molar-refractivity contribution in [2.75, 3.05) is 7.11 Å². The Morgan fingerprint density at radius 3 is 2.67 bits per heavy atom. The SMILES string of the molecule is COc1ccccc1-c1cc(C(=O)NCc2c(C)cc(C)[nH]c2=O)c2cnn(C(C)C)c2n1. The average molecular weight is 446 g/mol. The van der Waals surface area contributed by atoms with E-state index < -0.39 is 0 Å². The van der Waals surface area contributed by atoms with Gasteiger partial charge in [0.25, 0.3) is 11.5 Å². The Labute approximate surface area is 191 Å². The second-order valence-electron chi connectivity index (χ2n) is 8.30. The lowest BCUT2D eigenvalue weighted by molar-refractivity contribution is 0.0952. The van der Waals surface area contributed by atoms with Crippen molar-refractivity contribution in [1.82, 2.24) is 25.1 Å². The molecule has 8 nitrogen and oxygen atoms in total. The number of hydrogen-bond donors (Lipinski definition) is 2. The predicted molar refractivity (Wildman–Crippen MR) is 128 cm³/mol. The number of aromatic nitrogens is 4. The van der Waals surface area contributed by atoms with Crippen molar-refractivity contribution in [3.63, 3.8) is 0 Å². The molecule has 4 aromatic rings. The van der Waals surface area contributed by atoms with Crippen molar-refractivity contribution in [2.45, 2.75) is 40.3 Å². The number of carbonyl (C=O) groups is 1. The molecule has 8 heteroatoms. The van der Waals surface area contributed by atoms with Crippen LogP contribution in [-0.4, -0.2) is 32.8 Å². The van der Waals surface area contributed by atoms with Crippen molar-refractivity contribution in [2.24, 2.45) is 0 Å². The van der Waals surface area contributed by atoms with Crippen molar-refractivity contribution in [1.29, 1.82) is 0 Å². The van der Waals surface area contributed by atoms with E-state index in [1.807, 2.05) is 58.0 Å². The summed E-state index contributed by atoms with van der Waals surface area (Å²) in [5.41, 5.74) is 4.38. The Morgan fingerprint density at radius 1 is 1.21 bits per heavy atom. The van der Waals surface area contributed by atoms with Gasteiger partial charge in [0.2, 0.25) is 0 Å². The maximum Gasteiger partial charge on any atom is 0.253 e. The lowest BCUT2D eigenvalue weighted by atomic mass is 10.0. The molecule has 170 valence electrons. The normalized spacial score (nSPS) is 11.2. The van der Waals surface area contributed by atoms with Gasteiger partial charge in [0.15, 0.2) is 5.65 Å². The summed E-state index contributed by atoms with van der Waals surface area (Å²) in [6.45, 7) is 7.83. The van der Waals surface area contributed by atoms with Crippen molar-refractivity contribution >= 4 is 16.9 Å². The summed E-state index contributed by atoms with van der Waals surface area (Å²) < 4.78 is 7.30. The number of pyridine rings is 2. The average Bonchev–Trinajstić information content (AvgIpc) is 3.21. The molecule has 1 aromatic carbocycles. The topological polar surface area (TPSA) is 102 Å². The van der Waals surface area contributed by atoms with Crippen LogP contribution in [0.4, 0.5) is 0 Å². The van der Waals surface area contributed by atoms with Crippen molar-refractivity contribution < 1.29 is 9.53 Å². The molecule has 0 spiro atoms. The summed E-state index contributed by atoms with van der Waals surface area (Å²) >= 11 is 0. The highest BCUT2D eigenvalue weighted by atomic mass is 16.5. The molecule has 0 unspecified atom stereocenters. The minimum atomic E-state index is -0.304. The lowest BCUT2D eigenvalue weighted by Crippen LogP contribution is -2.28. The maximum absolute atomic E-state index is 13.3. The number of aryl methyl sites for hydroxylation is 2. The molecule has 3 heterocycles. The van der Waals surface area contributed by atoms with E-state index in [-0.39, 0.29) is 24.1 Å². The molecule has 3 aromatic heterocycles. The van der Waals surface area contributed by atoms with Gasteiger partial charge >= 0.3 is 0 Å². The van der Waals surface area contributed by atoms with E-state index in [9.17, 15) is 9.59 Å². The molecule has 0 aliphatic carbocycles. The van der Waals surface area contributed by atoms with Crippen LogP contribution in [0.5, 0.6) is 5.75 Å². The fourth-order valence-electron chi connectivity index (χ4n) is 3.94. The minimum Gasteiger partial charge on any atom is -0.496 e. The van der Waals surface area contributed by atoms with Gasteiger partial charge in [0.1, 0.15) is 5.75 Å². The molecule has 2 N–H and O–H groups in total. The third-order valence-corrected chi connectivity index (χ3v) is 5.60. The van der Waals surface area contributed by atoms with Crippen LogP contribution in [0.3, 0.4) is 0 Å². The largest absolute Gasteiger partial charge is 0.496 e. The standard InChI is InChI=1S/C25H27N5O3/c1-14(2)30-23-20(13-27-30)18(11-21(29-23)17-8-6-7-9-22(17)33-5)24(31)26-12-19-15(3)10-16(4)28-25(19)32/h6-11,13-14H,12H2,1-5H3,(H,26,31)(H,28,32). The maximum atomic E-state index is 13.3. The summed E-state index contributed by atoms with van der Waals surface area (Å²) in [4.78, 5) is 33.3. The van der Waals surface area contributed by atoms with Crippen LogP contribution in [-0.2, 0) is 6.54 Å². The van der Waals surface area contributed by atoms with Gasteiger partial charge in [0, 0.05) is 29.4 Å². The number of hydrogen-bond acceptors (Lipinski definition) is 5. The van der Waals surface area contributed by atoms with E-state index >= 15 is 0 Å². The first-order valence-corrected chi connectivity index (χ1v) is 10.8. The van der Waals surface area contributed by atoms with Gasteiger partial charge in [0.05, 0.1) is 30.0 Å². The van der Waals surface area contributed by atoms with Crippen LogP contribution < -0.4 is 15.6 Å². The van der Waals surface area contributed by atoms with Crippen LogP contribution in [0.1, 0.15) is 47.1 Å². The summed E-state index contributed by atoms with van der Waals surface area (Å²) in [6.07, 6.45) is 1.66. The van der Waals surface area contributed by atoms with Gasteiger partial charge in [-0.25, -0.2) is 9.67 Å². The minimum absolute atomic E-state index is 0.0626. The van der Waals surface area contributed by atoms with Gasteiger partial charge in [-0.05, 0) is 57.5 Å². The highest BCUT2D eigenvalue weighted by Gasteiger charge is 2.20. The van der Waals surface area contributed by atoms with Gasteiger partial charge in [-0.15, -0.1) is 0 Å². The Hall–Kier alpha value is -3.94. The summed E-state index contributed by atoms with van der Waals surface area (Å²) in [6, 6.07) is 11.2. The molecular formula is C25H27N5O3. The van der Waals surface area contributed by atoms with Gasteiger partial charge in [-0.1, -0.05) is 12.1 Å². The van der Waals surface area contributed by atoms with Crippen LogP contribution in [0.15, 0.2) is 47.4 Å². The first-order chi connectivity index (χ1) is 15.8. The number of methoxy groups -OCH3 is 1. The fraction of sp³-hybridized carbons (Fsp3) is 0.280. The first-order valence-electron chi connectivity index (χ1n) is 10.8. The second-order valence-corrected chi connectivity index (χ2v) is 8.30. The molecule has 0 bridgehead atoms.